The smallest absolute Gasteiger partial charge is 0.274 e. The van der Waals surface area contributed by atoms with Crippen LogP contribution in [0.4, 0.5) is 0 Å². The lowest BCUT2D eigenvalue weighted by Gasteiger charge is -2.32. The number of rotatable bonds is 4. The molecule has 2 saturated heterocycles. The van der Waals surface area contributed by atoms with Gasteiger partial charge in [-0.3, -0.25) is 14.7 Å². The summed E-state index contributed by atoms with van der Waals surface area (Å²) in [6, 6.07) is 0. The van der Waals surface area contributed by atoms with Gasteiger partial charge in [0.05, 0.1) is 26.0 Å². The molecule has 9 heteroatoms. The third kappa shape index (κ3) is 3.98. The van der Waals surface area contributed by atoms with E-state index in [1.165, 1.54) is 6.20 Å². The number of hydrogen-bond donors (Lipinski definition) is 0. The second-order valence-corrected chi connectivity index (χ2v) is 7.10. The van der Waals surface area contributed by atoms with Gasteiger partial charge in [-0.15, -0.1) is 10.2 Å². The van der Waals surface area contributed by atoms with Crippen LogP contribution in [0.2, 0.25) is 0 Å². The Hall–Kier alpha value is -2.39. The molecule has 9 nitrogen and oxygen atoms in total. The molecule has 0 aliphatic carbocycles. The fraction of sp³-hybridized carbons (Fsp3) is 0.611. The lowest BCUT2D eigenvalue weighted by molar-refractivity contribution is 0.0326. The number of amides is 1. The molecular formula is C18H25N7O2. The van der Waals surface area contributed by atoms with Crippen LogP contribution in [0.5, 0.6) is 0 Å². The molecule has 0 N–H and O–H groups in total. The van der Waals surface area contributed by atoms with Crippen molar-refractivity contribution in [1.82, 2.24) is 34.5 Å². The Labute approximate surface area is 158 Å². The molecule has 1 amide bonds. The summed E-state index contributed by atoms with van der Waals surface area (Å²) in [4.78, 5) is 25.0. The van der Waals surface area contributed by atoms with E-state index in [1.54, 1.807) is 12.4 Å². The molecular weight excluding hydrogens is 346 g/mol. The fourth-order valence-corrected chi connectivity index (χ4v) is 3.77. The minimum absolute atomic E-state index is 0.0662. The number of hydrogen-bond acceptors (Lipinski definition) is 7. The highest BCUT2D eigenvalue weighted by Crippen LogP contribution is 2.26. The highest BCUT2D eigenvalue weighted by molar-refractivity contribution is 5.92. The topological polar surface area (TPSA) is 89.3 Å². The molecule has 4 heterocycles. The van der Waals surface area contributed by atoms with Crippen LogP contribution in [0, 0.1) is 0 Å². The third-order valence-electron chi connectivity index (χ3n) is 5.32. The van der Waals surface area contributed by atoms with Crippen molar-refractivity contribution in [1.29, 1.82) is 0 Å². The minimum atomic E-state index is -0.0662. The molecule has 2 aliphatic heterocycles. The largest absolute Gasteiger partial charge is 0.379 e. The van der Waals surface area contributed by atoms with Crippen molar-refractivity contribution in [2.45, 2.75) is 25.3 Å². The van der Waals surface area contributed by atoms with Gasteiger partial charge >= 0.3 is 0 Å². The van der Waals surface area contributed by atoms with E-state index in [2.05, 4.69) is 29.6 Å². The first kappa shape index (κ1) is 18.0. The van der Waals surface area contributed by atoms with E-state index in [9.17, 15) is 4.79 Å². The predicted molar refractivity (Wildman–Crippen MR) is 97.0 cm³/mol. The van der Waals surface area contributed by atoms with Crippen LogP contribution >= 0.6 is 0 Å². The lowest BCUT2D eigenvalue weighted by Crippen LogP contribution is -2.40. The Kier molecular flexibility index (Phi) is 5.40. The maximum Gasteiger partial charge on any atom is 0.274 e. The second kappa shape index (κ2) is 8.10. The Morgan fingerprint density at radius 1 is 1.22 bits per heavy atom. The van der Waals surface area contributed by atoms with Gasteiger partial charge in [0.1, 0.15) is 17.3 Å². The molecule has 1 atom stereocenters. The van der Waals surface area contributed by atoms with E-state index in [1.807, 2.05) is 11.9 Å². The molecule has 2 aromatic rings. The van der Waals surface area contributed by atoms with Crippen LogP contribution in [-0.2, 0) is 18.3 Å². The Morgan fingerprint density at radius 3 is 2.85 bits per heavy atom. The standard InChI is InChI=1S/C18H25N7O2/c1-23-16(13-24-7-9-27-10-8-24)21-22-17(23)14-3-2-6-25(12-14)18(26)15-11-19-4-5-20-15/h4-5,11,14H,2-3,6-10,12-13H2,1H3/t14-/m0/s1. The number of likely N-dealkylation sites (tertiary alicyclic amines) is 1. The summed E-state index contributed by atoms with van der Waals surface area (Å²) in [7, 11) is 2.02. The first-order valence-electron chi connectivity index (χ1n) is 9.46. The Balaban J connectivity index is 1.44. The highest BCUT2D eigenvalue weighted by atomic mass is 16.5. The van der Waals surface area contributed by atoms with Crippen LogP contribution in [0.1, 0.15) is 40.9 Å². The van der Waals surface area contributed by atoms with Gasteiger partial charge in [0.15, 0.2) is 0 Å². The SMILES string of the molecule is Cn1c(CN2CCOCC2)nnc1[C@H]1CCCN(C(=O)c2cnccn2)C1. The number of carbonyl (C=O) groups excluding carboxylic acids is 1. The predicted octanol–water partition coefficient (Wildman–Crippen LogP) is 0.457. The first-order chi connectivity index (χ1) is 13.2. The van der Waals surface area contributed by atoms with Crippen molar-refractivity contribution in [3.8, 4) is 0 Å². The third-order valence-corrected chi connectivity index (χ3v) is 5.32. The fourth-order valence-electron chi connectivity index (χ4n) is 3.77. The summed E-state index contributed by atoms with van der Waals surface area (Å²) in [5.74, 6) is 2.04. The normalized spacial score (nSPS) is 21.4. The zero-order valence-corrected chi connectivity index (χ0v) is 15.6. The second-order valence-electron chi connectivity index (χ2n) is 7.10. The number of nitrogens with zero attached hydrogens (tertiary/aromatic N) is 7. The molecule has 0 aromatic carbocycles. The van der Waals surface area contributed by atoms with E-state index in [4.69, 9.17) is 4.74 Å². The number of aromatic nitrogens is 5. The van der Waals surface area contributed by atoms with Crippen LogP contribution in [0.15, 0.2) is 18.6 Å². The Morgan fingerprint density at radius 2 is 2.07 bits per heavy atom. The van der Waals surface area contributed by atoms with Crippen molar-refractivity contribution < 1.29 is 9.53 Å². The van der Waals surface area contributed by atoms with Crippen molar-refractivity contribution >= 4 is 5.91 Å². The molecule has 0 unspecified atom stereocenters. The Bertz CT molecular complexity index is 773. The summed E-state index contributed by atoms with van der Waals surface area (Å²) in [5, 5.41) is 8.88. The summed E-state index contributed by atoms with van der Waals surface area (Å²) >= 11 is 0. The van der Waals surface area contributed by atoms with Gasteiger partial charge in [-0.2, -0.15) is 0 Å². The maximum absolute atomic E-state index is 12.7. The summed E-state index contributed by atoms with van der Waals surface area (Å²) < 4.78 is 7.50. The molecule has 4 rings (SSSR count). The van der Waals surface area contributed by atoms with Crippen LogP contribution in [0.3, 0.4) is 0 Å². The summed E-state index contributed by atoms with van der Waals surface area (Å²) in [6.45, 7) is 5.54. The van der Waals surface area contributed by atoms with Crippen LogP contribution in [0.25, 0.3) is 0 Å². The van der Waals surface area contributed by atoms with Gasteiger partial charge < -0.3 is 14.2 Å². The molecule has 2 aliphatic rings. The van der Waals surface area contributed by atoms with Gasteiger partial charge in [-0.25, -0.2) is 4.98 Å². The monoisotopic (exact) mass is 371 g/mol. The molecule has 0 saturated carbocycles. The number of morpholine rings is 1. The molecule has 144 valence electrons. The van der Waals surface area contributed by atoms with E-state index in [0.717, 1.165) is 63.9 Å². The van der Waals surface area contributed by atoms with E-state index in [0.29, 0.717) is 12.2 Å². The van der Waals surface area contributed by atoms with Gasteiger partial charge in [-0.05, 0) is 12.8 Å². The molecule has 0 spiro atoms. The van der Waals surface area contributed by atoms with Gasteiger partial charge in [-0.1, -0.05) is 0 Å². The molecule has 0 radical (unpaired) electrons. The van der Waals surface area contributed by atoms with Crippen molar-refractivity contribution in [3.05, 3.63) is 35.9 Å². The van der Waals surface area contributed by atoms with Gasteiger partial charge in [0.25, 0.3) is 5.91 Å². The quantitative estimate of drug-likeness (QED) is 0.771. The average molecular weight is 371 g/mol. The van der Waals surface area contributed by atoms with Crippen LogP contribution < -0.4 is 0 Å². The van der Waals surface area contributed by atoms with Gasteiger partial charge in [0, 0.05) is 51.5 Å². The first-order valence-corrected chi connectivity index (χ1v) is 9.46. The van der Waals surface area contributed by atoms with Crippen molar-refractivity contribution in [3.63, 3.8) is 0 Å². The van der Waals surface area contributed by atoms with E-state index in [-0.39, 0.29) is 11.8 Å². The number of carbonyl (C=O) groups is 1. The van der Waals surface area contributed by atoms with Crippen molar-refractivity contribution in [2.75, 3.05) is 39.4 Å². The summed E-state index contributed by atoms with van der Waals surface area (Å²) in [6.07, 6.45) is 6.60. The average Bonchev–Trinajstić information content (AvgIpc) is 3.09. The zero-order chi connectivity index (χ0) is 18.6. The van der Waals surface area contributed by atoms with Crippen LogP contribution in [-0.4, -0.2) is 79.8 Å². The summed E-state index contributed by atoms with van der Waals surface area (Å²) in [5.41, 5.74) is 0.393. The van der Waals surface area contributed by atoms with Crippen molar-refractivity contribution in [2.24, 2.45) is 7.05 Å². The molecule has 2 aromatic heterocycles. The zero-order valence-electron chi connectivity index (χ0n) is 15.6. The van der Waals surface area contributed by atoms with E-state index < -0.39 is 0 Å². The van der Waals surface area contributed by atoms with E-state index >= 15 is 0 Å². The maximum atomic E-state index is 12.7. The number of piperidine rings is 1. The molecule has 2 fully saturated rings. The molecule has 0 bridgehead atoms. The van der Waals surface area contributed by atoms with Gasteiger partial charge in [0.2, 0.25) is 0 Å². The minimum Gasteiger partial charge on any atom is -0.379 e. The number of ether oxygens (including phenoxy) is 1. The molecule has 27 heavy (non-hydrogen) atoms. The highest BCUT2D eigenvalue weighted by Gasteiger charge is 2.29. The lowest BCUT2D eigenvalue weighted by atomic mass is 9.97.